The number of rotatable bonds is 2. The van der Waals surface area contributed by atoms with Crippen LogP contribution in [0.5, 0.6) is 0 Å². The van der Waals surface area contributed by atoms with Crippen LogP contribution in [0.3, 0.4) is 0 Å². The van der Waals surface area contributed by atoms with Crippen LogP contribution in [0.4, 0.5) is 14.6 Å². The van der Waals surface area contributed by atoms with Crippen molar-refractivity contribution in [2.24, 2.45) is 17.6 Å². The molecule has 17 heavy (non-hydrogen) atoms. The molecule has 1 saturated heterocycles. The summed E-state index contributed by atoms with van der Waals surface area (Å²) in [5.74, 6) is -0.131. The van der Waals surface area contributed by atoms with Crippen LogP contribution in [-0.2, 0) is 0 Å². The molecule has 0 saturated carbocycles. The van der Waals surface area contributed by atoms with Gasteiger partial charge in [-0.05, 0) is 24.8 Å². The molecule has 1 aliphatic rings. The molecule has 0 bridgehead atoms. The number of nitrogens with two attached hydrogens (primary N) is 1. The standard InChI is InChI=1S/C12H17F2N3/c1-8-2-3-17(7-9(8)5-15)12-11(14)4-10(13)6-16-12/h4,6,8-9H,2-3,5,7,15H2,1H3. The van der Waals surface area contributed by atoms with Crippen molar-refractivity contribution in [1.29, 1.82) is 0 Å². The Bertz CT molecular complexity index is 397. The van der Waals surface area contributed by atoms with E-state index >= 15 is 0 Å². The maximum Gasteiger partial charge on any atom is 0.168 e. The quantitative estimate of drug-likeness (QED) is 0.858. The molecule has 0 aromatic carbocycles. The van der Waals surface area contributed by atoms with Crippen molar-refractivity contribution in [2.45, 2.75) is 13.3 Å². The number of anilines is 1. The molecule has 0 aliphatic carbocycles. The van der Waals surface area contributed by atoms with Gasteiger partial charge in [0.05, 0.1) is 6.20 Å². The summed E-state index contributed by atoms with van der Waals surface area (Å²) in [6.07, 6.45) is 2.01. The van der Waals surface area contributed by atoms with Crippen LogP contribution in [0.25, 0.3) is 0 Å². The smallest absolute Gasteiger partial charge is 0.168 e. The zero-order valence-corrected chi connectivity index (χ0v) is 9.87. The molecule has 94 valence electrons. The molecule has 2 N–H and O–H groups in total. The first-order chi connectivity index (χ1) is 8.11. The Morgan fingerprint density at radius 1 is 1.53 bits per heavy atom. The van der Waals surface area contributed by atoms with Crippen LogP contribution in [0, 0.1) is 23.5 Å². The minimum atomic E-state index is -0.646. The molecule has 5 heteroatoms. The van der Waals surface area contributed by atoms with E-state index in [1.165, 1.54) is 0 Å². The summed E-state index contributed by atoms with van der Waals surface area (Å²) in [5.41, 5.74) is 5.70. The number of halogens is 2. The highest BCUT2D eigenvalue weighted by atomic mass is 19.1. The molecule has 2 rings (SSSR count). The van der Waals surface area contributed by atoms with Crippen LogP contribution in [0.2, 0.25) is 0 Å². The predicted molar refractivity (Wildman–Crippen MR) is 62.7 cm³/mol. The van der Waals surface area contributed by atoms with E-state index in [-0.39, 0.29) is 5.82 Å². The van der Waals surface area contributed by atoms with Crippen molar-refractivity contribution in [1.82, 2.24) is 4.98 Å². The molecular weight excluding hydrogens is 224 g/mol. The average Bonchev–Trinajstić information content (AvgIpc) is 2.30. The van der Waals surface area contributed by atoms with Gasteiger partial charge in [0.15, 0.2) is 11.6 Å². The highest BCUT2D eigenvalue weighted by molar-refractivity contribution is 5.40. The third-order valence-electron chi connectivity index (χ3n) is 3.50. The summed E-state index contributed by atoms with van der Waals surface area (Å²) < 4.78 is 26.4. The van der Waals surface area contributed by atoms with Crippen molar-refractivity contribution in [3.05, 3.63) is 23.9 Å². The molecule has 0 radical (unpaired) electrons. The lowest BCUT2D eigenvalue weighted by Crippen LogP contribution is -2.43. The normalized spacial score (nSPS) is 25.1. The van der Waals surface area contributed by atoms with E-state index in [1.807, 2.05) is 4.90 Å². The Hall–Kier alpha value is -1.23. The zero-order chi connectivity index (χ0) is 12.4. The monoisotopic (exact) mass is 241 g/mol. The van der Waals surface area contributed by atoms with Gasteiger partial charge in [0, 0.05) is 19.2 Å². The van der Waals surface area contributed by atoms with Crippen molar-refractivity contribution >= 4 is 5.82 Å². The Kier molecular flexibility index (Phi) is 3.57. The second kappa shape index (κ2) is 4.96. The topological polar surface area (TPSA) is 42.2 Å². The van der Waals surface area contributed by atoms with E-state index in [1.54, 1.807) is 0 Å². The largest absolute Gasteiger partial charge is 0.354 e. The second-order valence-electron chi connectivity index (χ2n) is 4.67. The van der Waals surface area contributed by atoms with Crippen LogP contribution in [0.1, 0.15) is 13.3 Å². The van der Waals surface area contributed by atoms with E-state index in [0.717, 1.165) is 25.2 Å². The van der Waals surface area contributed by atoms with E-state index in [9.17, 15) is 8.78 Å². The molecule has 2 unspecified atom stereocenters. The first kappa shape index (κ1) is 12.2. The first-order valence-electron chi connectivity index (χ1n) is 5.88. The van der Waals surface area contributed by atoms with Gasteiger partial charge in [-0.1, -0.05) is 6.92 Å². The van der Waals surface area contributed by atoms with Crippen molar-refractivity contribution in [2.75, 3.05) is 24.5 Å². The summed E-state index contributed by atoms with van der Waals surface area (Å²) >= 11 is 0. The van der Waals surface area contributed by atoms with Gasteiger partial charge < -0.3 is 10.6 Å². The molecule has 0 amide bonds. The SMILES string of the molecule is CC1CCN(c2ncc(F)cc2F)CC1CN. The van der Waals surface area contributed by atoms with Gasteiger partial charge in [0.1, 0.15) is 5.82 Å². The van der Waals surface area contributed by atoms with Gasteiger partial charge in [0.25, 0.3) is 0 Å². The Morgan fingerprint density at radius 2 is 2.29 bits per heavy atom. The number of hydrogen-bond acceptors (Lipinski definition) is 3. The zero-order valence-electron chi connectivity index (χ0n) is 9.87. The maximum atomic E-state index is 13.6. The third-order valence-corrected chi connectivity index (χ3v) is 3.50. The van der Waals surface area contributed by atoms with Gasteiger partial charge in [0.2, 0.25) is 0 Å². The number of piperidine rings is 1. The summed E-state index contributed by atoms with van der Waals surface area (Å²) in [6, 6.07) is 0.873. The highest BCUT2D eigenvalue weighted by Crippen LogP contribution is 2.27. The van der Waals surface area contributed by atoms with Crippen LogP contribution < -0.4 is 10.6 Å². The van der Waals surface area contributed by atoms with Crippen LogP contribution in [0.15, 0.2) is 12.3 Å². The van der Waals surface area contributed by atoms with Gasteiger partial charge in [-0.15, -0.1) is 0 Å². The van der Waals surface area contributed by atoms with Crippen LogP contribution >= 0.6 is 0 Å². The fourth-order valence-corrected chi connectivity index (χ4v) is 2.29. The minimum Gasteiger partial charge on any atom is -0.354 e. The summed E-state index contributed by atoms with van der Waals surface area (Å²) in [4.78, 5) is 5.68. The molecule has 2 heterocycles. The number of nitrogens with zero attached hydrogens (tertiary/aromatic N) is 2. The Morgan fingerprint density at radius 3 is 2.94 bits per heavy atom. The van der Waals surface area contributed by atoms with E-state index in [0.29, 0.717) is 24.9 Å². The van der Waals surface area contributed by atoms with Gasteiger partial charge in [-0.3, -0.25) is 0 Å². The molecule has 1 aromatic heterocycles. The number of aromatic nitrogens is 1. The highest BCUT2D eigenvalue weighted by Gasteiger charge is 2.27. The van der Waals surface area contributed by atoms with E-state index in [4.69, 9.17) is 5.73 Å². The Balaban J connectivity index is 2.17. The second-order valence-corrected chi connectivity index (χ2v) is 4.67. The lowest BCUT2D eigenvalue weighted by atomic mass is 9.87. The molecule has 0 spiro atoms. The maximum absolute atomic E-state index is 13.6. The van der Waals surface area contributed by atoms with Crippen molar-refractivity contribution in [3.8, 4) is 0 Å². The average molecular weight is 241 g/mol. The first-order valence-corrected chi connectivity index (χ1v) is 5.88. The van der Waals surface area contributed by atoms with Gasteiger partial charge in [-0.25, -0.2) is 13.8 Å². The Labute approximate surface area is 99.6 Å². The van der Waals surface area contributed by atoms with Crippen molar-refractivity contribution in [3.63, 3.8) is 0 Å². The summed E-state index contributed by atoms with van der Waals surface area (Å²) in [5, 5.41) is 0. The van der Waals surface area contributed by atoms with Crippen molar-refractivity contribution < 1.29 is 8.78 Å². The van der Waals surface area contributed by atoms with Gasteiger partial charge >= 0.3 is 0 Å². The lowest BCUT2D eigenvalue weighted by molar-refractivity contribution is 0.305. The number of hydrogen-bond donors (Lipinski definition) is 1. The molecule has 1 aliphatic heterocycles. The summed E-state index contributed by atoms with van der Waals surface area (Å²) in [7, 11) is 0. The molecular formula is C12H17F2N3. The number of pyridine rings is 1. The molecule has 2 atom stereocenters. The van der Waals surface area contributed by atoms with E-state index < -0.39 is 11.6 Å². The molecule has 3 nitrogen and oxygen atoms in total. The fraction of sp³-hybridized carbons (Fsp3) is 0.583. The fourth-order valence-electron chi connectivity index (χ4n) is 2.29. The molecule has 1 aromatic rings. The summed E-state index contributed by atoms with van der Waals surface area (Å²) in [6.45, 7) is 4.17. The third kappa shape index (κ3) is 2.54. The van der Waals surface area contributed by atoms with Gasteiger partial charge in [-0.2, -0.15) is 0 Å². The van der Waals surface area contributed by atoms with E-state index in [2.05, 4.69) is 11.9 Å². The van der Waals surface area contributed by atoms with Crippen LogP contribution in [-0.4, -0.2) is 24.6 Å². The predicted octanol–water partition coefficient (Wildman–Crippen LogP) is 1.78. The minimum absolute atomic E-state index is 0.233. The lowest BCUT2D eigenvalue weighted by Gasteiger charge is -2.37. The molecule has 1 fully saturated rings.